The summed E-state index contributed by atoms with van der Waals surface area (Å²) in [5.41, 5.74) is 6.96. The Labute approximate surface area is 89.8 Å². The van der Waals surface area contributed by atoms with Crippen molar-refractivity contribution in [1.82, 2.24) is 10.3 Å². The molecule has 1 heterocycles. The molecule has 0 aromatic carbocycles. The van der Waals surface area contributed by atoms with E-state index in [2.05, 4.69) is 16.9 Å². The highest BCUT2D eigenvalue weighted by Crippen LogP contribution is 2.12. The molecule has 0 spiro atoms. The third kappa shape index (κ3) is 3.34. The summed E-state index contributed by atoms with van der Waals surface area (Å²) in [5.74, 6) is 0. The fourth-order valence-corrected chi connectivity index (χ4v) is 1.25. The molecular formula is C11H17N3O. The lowest BCUT2D eigenvalue weighted by Gasteiger charge is -2.20. The molecule has 0 aliphatic rings. The van der Waals surface area contributed by atoms with Crippen LogP contribution >= 0.6 is 0 Å². The van der Waals surface area contributed by atoms with Crippen LogP contribution in [-0.2, 0) is 0 Å². The first-order valence-corrected chi connectivity index (χ1v) is 4.88. The maximum atomic E-state index is 9.42. The molecule has 0 radical (unpaired) electrons. The van der Waals surface area contributed by atoms with Crippen LogP contribution < -0.4 is 11.1 Å². The lowest BCUT2D eigenvalue weighted by molar-refractivity contribution is 0.208. The predicted molar refractivity (Wildman–Crippen MR) is 60.0 cm³/mol. The summed E-state index contributed by atoms with van der Waals surface area (Å²) in [6.07, 6.45) is 2.76. The van der Waals surface area contributed by atoms with Crippen LogP contribution in [-0.4, -0.2) is 22.7 Å². The summed E-state index contributed by atoms with van der Waals surface area (Å²) >= 11 is 0. The van der Waals surface area contributed by atoms with Crippen molar-refractivity contribution in [1.29, 1.82) is 0 Å². The van der Waals surface area contributed by atoms with Crippen LogP contribution in [0.15, 0.2) is 36.8 Å². The molecule has 0 saturated heterocycles. The van der Waals surface area contributed by atoms with E-state index in [1.807, 2.05) is 19.1 Å². The third-order valence-electron chi connectivity index (χ3n) is 2.23. The quantitative estimate of drug-likeness (QED) is 0.660. The molecule has 4 nitrogen and oxygen atoms in total. The number of pyridine rings is 1. The SMILES string of the molecule is C=C(N[C@@H](C)c1ccncc1)C(O)CN. The van der Waals surface area contributed by atoms with Crippen LogP contribution in [0.5, 0.6) is 0 Å². The van der Waals surface area contributed by atoms with E-state index < -0.39 is 6.10 Å². The van der Waals surface area contributed by atoms with Gasteiger partial charge < -0.3 is 16.2 Å². The maximum absolute atomic E-state index is 9.42. The number of aliphatic hydroxyl groups excluding tert-OH is 1. The largest absolute Gasteiger partial charge is 0.386 e. The van der Waals surface area contributed by atoms with Gasteiger partial charge in [-0.15, -0.1) is 0 Å². The number of aliphatic hydroxyl groups is 1. The number of nitrogens with two attached hydrogens (primary N) is 1. The summed E-state index contributed by atoms with van der Waals surface area (Å²) in [6.45, 7) is 5.90. The van der Waals surface area contributed by atoms with Crippen molar-refractivity contribution in [2.45, 2.75) is 19.1 Å². The molecule has 1 aromatic heterocycles. The molecule has 15 heavy (non-hydrogen) atoms. The van der Waals surface area contributed by atoms with E-state index in [-0.39, 0.29) is 12.6 Å². The molecule has 2 atom stereocenters. The highest BCUT2D eigenvalue weighted by Gasteiger charge is 2.10. The van der Waals surface area contributed by atoms with Gasteiger partial charge in [0.1, 0.15) is 6.10 Å². The van der Waals surface area contributed by atoms with Gasteiger partial charge in [-0.05, 0) is 24.6 Å². The van der Waals surface area contributed by atoms with E-state index in [1.165, 1.54) is 0 Å². The molecule has 0 saturated carbocycles. The van der Waals surface area contributed by atoms with Gasteiger partial charge in [0.15, 0.2) is 0 Å². The van der Waals surface area contributed by atoms with Gasteiger partial charge in [0, 0.05) is 30.7 Å². The Morgan fingerprint density at radius 1 is 1.60 bits per heavy atom. The van der Waals surface area contributed by atoms with Crippen molar-refractivity contribution in [3.8, 4) is 0 Å². The minimum atomic E-state index is -0.700. The third-order valence-corrected chi connectivity index (χ3v) is 2.23. The Balaban J connectivity index is 2.56. The standard InChI is InChI=1S/C11H17N3O/c1-8(10-3-5-13-6-4-10)14-9(2)11(15)7-12/h3-6,8,11,14-15H,2,7,12H2,1H3/t8-,11?/m0/s1. The van der Waals surface area contributed by atoms with Gasteiger partial charge in [-0.3, -0.25) is 4.98 Å². The average Bonchev–Trinajstić information content (AvgIpc) is 2.29. The molecule has 0 amide bonds. The van der Waals surface area contributed by atoms with Crippen LogP contribution in [0.25, 0.3) is 0 Å². The molecule has 0 fully saturated rings. The first-order valence-electron chi connectivity index (χ1n) is 4.88. The van der Waals surface area contributed by atoms with Gasteiger partial charge in [-0.2, -0.15) is 0 Å². The normalized spacial score (nSPS) is 14.3. The number of nitrogens with one attached hydrogen (secondary N) is 1. The Kier molecular flexibility index (Phi) is 4.27. The van der Waals surface area contributed by atoms with Crippen molar-refractivity contribution in [2.75, 3.05) is 6.54 Å². The van der Waals surface area contributed by atoms with E-state index in [1.54, 1.807) is 12.4 Å². The molecule has 0 aliphatic heterocycles. The Morgan fingerprint density at radius 2 is 2.20 bits per heavy atom. The Morgan fingerprint density at radius 3 is 2.73 bits per heavy atom. The van der Waals surface area contributed by atoms with Gasteiger partial charge in [0.2, 0.25) is 0 Å². The first kappa shape index (κ1) is 11.7. The molecular weight excluding hydrogens is 190 g/mol. The Bertz CT molecular complexity index is 313. The van der Waals surface area contributed by atoms with Crippen LogP contribution in [0.1, 0.15) is 18.5 Å². The van der Waals surface area contributed by atoms with E-state index >= 15 is 0 Å². The topological polar surface area (TPSA) is 71.2 Å². The average molecular weight is 207 g/mol. The summed E-state index contributed by atoms with van der Waals surface area (Å²) in [6, 6.07) is 3.92. The van der Waals surface area contributed by atoms with Crippen molar-refractivity contribution in [3.63, 3.8) is 0 Å². The smallest absolute Gasteiger partial charge is 0.105 e. The van der Waals surface area contributed by atoms with Gasteiger partial charge in [0.25, 0.3) is 0 Å². The second kappa shape index (κ2) is 5.48. The van der Waals surface area contributed by atoms with Crippen LogP contribution in [0.4, 0.5) is 0 Å². The predicted octanol–water partition coefficient (Wildman–Crippen LogP) is 0.566. The molecule has 0 aliphatic carbocycles. The van der Waals surface area contributed by atoms with Crippen LogP contribution in [0, 0.1) is 0 Å². The van der Waals surface area contributed by atoms with E-state index in [4.69, 9.17) is 5.73 Å². The van der Waals surface area contributed by atoms with E-state index in [9.17, 15) is 5.11 Å². The lowest BCUT2D eigenvalue weighted by atomic mass is 10.1. The molecule has 82 valence electrons. The minimum absolute atomic E-state index is 0.0849. The van der Waals surface area contributed by atoms with Crippen LogP contribution in [0.3, 0.4) is 0 Å². The maximum Gasteiger partial charge on any atom is 0.105 e. The zero-order valence-electron chi connectivity index (χ0n) is 8.85. The summed E-state index contributed by atoms with van der Waals surface area (Å²) in [4.78, 5) is 3.94. The van der Waals surface area contributed by atoms with E-state index in [0.717, 1.165) is 5.56 Å². The summed E-state index contributed by atoms with van der Waals surface area (Å²) in [7, 11) is 0. The number of rotatable bonds is 5. The fourth-order valence-electron chi connectivity index (χ4n) is 1.25. The molecule has 4 N–H and O–H groups in total. The number of aromatic nitrogens is 1. The monoisotopic (exact) mass is 207 g/mol. The fraction of sp³-hybridized carbons (Fsp3) is 0.364. The first-order chi connectivity index (χ1) is 7.15. The highest BCUT2D eigenvalue weighted by molar-refractivity contribution is 5.16. The summed E-state index contributed by atoms with van der Waals surface area (Å²) in [5, 5.41) is 12.5. The van der Waals surface area contributed by atoms with Gasteiger partial charge in [-0.25, -0.2) is 0 Å². The second-order valence-corrected chi connectivity index (χ2v) is 3.42. The van der Waals surface area contributed by atoms with Crippen molar-refractivity contribution in [3.05, 3.63) is 42.4 Å². The van der Waals surface area contributed by atoms with Crippen molar-refractivity contribution >= 4 is 0 Å². The summed E-state index contributed by atoms with van der Waals surface area (Å²) < 4.78 is 0. The molecule has 1 unspecified atom stereocenters. The van der Waals surface area contributed by atoms with Gasteiger partial charge in [0.05, 0.1) is 0 Å². The van der Waals surface area contributed by atoms with Crippen LogP contribution in [0.2, 0.25) is 0 Å². The lowest BCUT2D eigenvalue weighted by Crippen LogP contribution is -2.31. The van der Waals surface area contributed by atoms with Gasteiger partial charge in [-0.1, -0.05) is 6.58 Å². The molecule has 1 rings (SSSR count). The molecule has 0 bridgehead atoms. The molecule has 1 aromatic rings. The molecule has 4 heteroatoms. The number of hydrogen-bond acceptors (Lipinski definition) is 4. The second-order valence-electron chi connectivity index (χ2n) is 3.42. The minimum Gasteiger partial charge on any atom is -0.386 e. The van der Waals surface area contributed by atoms with Gasteiger partial charge >= 0.3 is 0 Å². The highest BCUT2D eigenvalue weighted by atomic mass is 16.3. The van der Waals surface area contributed by atoms with E-state index in [0.29, 0.717) is 5.70 Å². The number of hydrogen-bond donors (Lipinski definition) is 3. The number of nitrogens with zero attached hydrogens (tertiary/aromatic N) is 1. The van der Waals surface area contributed by atoms with Crippen molar-refractivity contribution in [2.24, 2.45) is 5.73 Å². The zero-order chi connectivity index (χ0) is 11.3. The Hall–Kier alpha value is -1.39. The zero-order valence-corrected chi connectivity index (χ0v) is 8.85. The van der Waals surface area contributed by atoms with Crippen molar-refractivity contribution < 1.29 is 5.11 Å².